The van der Waals surface area contributed by atoms with Gasteiger partial charge in [-0.15, -0.1) is 12.3 Å². The summed E-state index contributed by atoms with van der Waals surface area (Å²) in [6, 6.07) is 3.31. The largest absolute Gasteiger partial charge is 0.240 e. The molecule has 98 valence electrons. The van der Waals surface area contributed by atoms with E-state index in [4.69, 9.17) is 6.42 Å². The average Bonchev–Trinajstić information content (AvgIpc) is 2.31. The Bertz CT molecular complexity index is 566. The summed E-state index contributed by atoms with van der Waals surface area (Å²) < 4.78 is 39.9. The van der Waals surface area contributed by atoms with Gasteiger partial charge < -0.3 is 0 Å². The minimum Gasteiger partial charge on any atom is -0.207 e. The second-order valence-electron chi connectivity index (χ2n) is 3.71. The molecule has 1 N–H and O–H groups in total. The Morgan fingerprint density at radius 1 is 1.56 bits per heavy atom. The molecule has 0 aliphatic rings. The van der Waals surface area contributed by atoms with Crippen molar-refractivity contribution in [2.24, 2.45) is 0 Å². The van der Waals surface area contributed by atoms with E-state index in [1.807, 2.05) is 6.92 Å². The van der Waals surface area contributed by atoms with Crippen molar-refractivity contribution in [1.29, 1.82) is 0 Å². The number of benzene rings is 1. The second-order valence-corrected chi connectivity index (χ2v) is 6.28. The fourth-order valence-electron chi connectivity index (χ4n) is 1.34. The van der Waals surface area contributed by atoms with Crippen LogP contribution < -0.4 is 4.72 Å². The van der Waals surface area contributed by atoms with E-state index in [9.17, 15) is 12.8 Å². The van der Waals surface area contributed by atoms with E-state index in [0.29, 0.717) is 12.8 Å². The lowest BCUT2D eigenvalue weighted by Crippen LogP contribution is -2.34. The van der Waals surface area contributed by atoms with Gasteiger partial charge in [0, 0.05) is 12.5 Å². The minimum atomic E-state index is -3.74. The Labute approximate surface area is 115 Å². The topological polar surface area (TPSA) is 46.2 Å². The van der Waals surface area contributed by atoms with Crippen molar-refractivity contribution in [2.45, 2.75) is 30.7 Å². The van der Waals surface area contributed by atoms with Crippen molar-refractivity contribution in [3.8, 4) is 12.3 Å². The zero-order valence-electron chi connectivity index (χ0n) is 9.78. The van der Waals surface area contributed by atoms with E-state index >= 15 is 0 Å². The molecule has 0 aromatic heterocycles. The first-order valence-electron chi connectivity index (χ1n) is 5.31. The van der Waals surface area contributed by atoms with E-state index in [-0.39, 0.29) is 15.4 Å². The van der Waals surface area contributed by atoms with Gasteiger partial charge in [0.2, 0.25) is 10.0 Å². The van der Waals surface area contributed by atoms with Gasteiger partial charge in [0.25, 0.3) is 0 Å². The summed E-state index contributed by atoms with van der Waals surface area (Å²) in [6.45, 7) is 1.83. The summed E-state index contributed by atoms with van der Waals surface area (Å²) in [7, 11) is -3.74. The Kier molecular flexibility index (Phi) is 5.32. The van der Waals surface area contributed by atoms with Crippen LogP contribution in [0.15, 0.2) is 27.6 Å². The highest BCUT2D eigenvalue weighted by atomic mass is 79.9. The highest BCUT2D eigenvalue weighted by Crippen LogP contribution is 2.19. The molecule has 0 aliphatic carbocycles. The van der Waals surface area contributed by atoms with Crippen LogP contribution in [0, 0.1) is 18.2 Å². The van der Waals surface area contributed by atoms with Crippen molar-refractivity contribution in [2.75, 3.05) is 0 Å². The lowest BCUT2D eigenvalue weighted by Gasteiger charge is -2.14. The standard InChI is InChI=1S/C12H13BrFNO2S/c1-3-5-9(4-2)15-18(16,17)10-6-7-11(13)12(14)8-10/h1,6-9,15H,4-5H2,2H3. The van der Waals surface area contributed by atoms with Crippen molar-refractivity contribution in [1.82, 2.24) is 4.72 Å². The second kappa shape index (κ2) is 6.32. The third kappa shape index (κ3) is 3.80. The molecule has 0 amide bonds. The van der Waals surface area contributed by atoms with Gasteiger partial charge in [-0.1, -0.05) is 6.92 Å². The van der Waals surface area contributed by atoms with Crippen LogP contribution in [0.2, 0.25) is 0 Å². The molecule has 1 rings (SSSR count). The van der Waals surface area contributed by atoms with Gasteiger partial charge in [0.05, 0.1) is 9.37 Å². The summed E-state index contributed by atoms with van der Waals surface area (Å²) in [5, 5.41) is 0. The summed E-state index contributed by atoms with van der Waals surface area (Å²) in [4.78, 5) is -0.112. The molecule has 1 aromatic rings. The Balaban J connectivity index is 2.99. The molecule has 0 bridgehead atoms. The number of halogens is 2. The van der Waals surface area contributed by atoms with Crippen LogP contribution in [0.25, 0.3) is 0 Å². The number of hydrogen-bond donors (Lipinski definition) is 1. The Hall–Kier alpha value is -0.900. The molecule has 0 saturated heterocycles. The number of nitrogens with one attached hydrogen (secondary N) is 1. The zero-order valence-corrected chi connectivity index (χ0v) is 12.2. The maximum atomic E-state index is 13.3. The van der Waals surface area contributed by atoms with E-state index in [1.54, 1.807) is 0 Å². The summed E-state index contributed by atoms with van der Waals surface area (Å²) in [6.07, 6.45) is 6.03. The molecule has 1 atom stereocenters. The molecular formula is C12H13BrFNO2S. The molecule has 0 heterocycles. The van der Waals surface area contributed by atoms with E-state index in [0.717, 1.165) is 6.07 Å². The summed E-state index contributed by atoms with van der Waals surface area (Å²) in [5.74, 6) is 1.78. The number of rotatable bonds is 5. The van der Waals surface area contributed by atoms with Crippen molar-refractivity contribution in [3.05, 3.63) is 28.5 Å². The van der Waals surface area contributed by atoms with Gasteiger partial charge in [-0.05, 0) is 40.5 Å². The van der Waals surface area contributed by atoms with Gasteiger partial charge in [-0.2, -0.15) is 0 Å². The normalized spacial score (nSPS) is 13.0. The Morgan fingerprint density at radius 3 is 2.72 bits per heavy atom. The fraction of sp³-hybridized carbons (Fsp3) is 0.333. The predicted molar refractivity (Wildman–Crippen MR) is 72.0 cm³/mol. The Morgan fingerprint density at radius 2 is 2.22 bits per heavy atom. The lowest BCUT2D eigenvalue weighted by molar-refractivity contribution is 0.542. The van der Waals surface area contributed by atoms with E-state index in [1.165, 1.54) is 12.1 Å². The van der Waals surface area contributed by atoms with Gasteiger partial charge in [-0.3, -0.25) is 0 Å². The van der Waals surface area contributed by atoms with Crippen LogP contribution in [0.1, 0.15) is 19.8 Å². The molecule has 0 fully saturated rings. The lowest BCUT2D eigenvalue weighted by atomic mass is 10.2. The maximum absolute atomic E-state index is 13.3. The van der Waals surface area contributed by atoms with Crippen LogP contribution in [-0.4, -0.2) is 14.5 Å². The van der Waals surface area contributed by atoms with Crippen molar-refractivity contribution >= 4 is 26.0 Å². The van der Waals surface area contributed by atoms with Crippen LogP contribution in [0.5, 0.6) is 0 Å². The van der Waals surface area contributed by atoms with E-state index < -0.39 is 15.8 Å². The molecule has 0 aliphatic heterocycles. The smallest absolute Gasteiger partial charge is 0.207 e. The molecule has 0 spiro atoms. The number of sulfonamides is 1. The SMILES string of the molecule is C#CCC(CC)NS(=O)(=O)c1ccc(Br)c(F)c1. The average molecular weight is 334 g/mol. The zero-order chi connectivity index (χ0) is 13.8. The first-order chi connectivity index (χ1) is 8.40. The number of terminal acetylenes is 1. The van der Waals surface area contributed by atoms with Crippen molar-refractivity contribution < 1.29 is 12.8 Å². The molecule has 0 radical (unpaired) electrons. The summed E-state index contributed by atoms with van der Waals surface area (Å²) in [5.41, 5.74) is 0. The van der Waals surface area contributed by atoms with Crippen LogP contribution in [0.4, 0.5) is 4.39 Å². The van der Waals surface area contributed by atoms with E-state index in [2.05, 4.69) is 26.6 Å². The molecule has 1 unspecified atom stereocenters. The molecule has 3 nitrogen and oxygen atoms in total. The van der Waals surface area contributed by atoms with Gasteiger partial charge in [-0.25, -0.2) is 17.5 Å². The maximum Gasteiger partial charge on any atom is 0.240 e. The highest BCUT2D eigenvalue weighted by molar-refractivity contribution is 9.10. The van der Waals surface area contributed by atoms with Gasteiger partial charge >= 0.3 is 0 Å². The highest BCUT2D eigenvalue weighted by Gasteiger charge is 2.19. The van der Waals surface area contributed by atoms with Crippen LogP contribution >= 0.6 is 15.9 Å². The van der Waals surface area contributed by atoms with Gasteiger partial charge in [0.1, 0.15) is 5.82 Å². The van der Waals surface area contributed by atoms with Crippen LogP contribution in [0.3, 0.4) is 0 Å². The van der Waals surface area contributed by atoms with Crippen LogP contribution in [-0.2, 0) is 10.0 Å². The molecular weight excluding hydrogens is 321 g/mol. The van der Waals surface area contributed by atoms with Gasteiger partial charge in [0.15, 0.2) is 0 Å². The molecule has 1 aromatic carbocycles. The first-order valence-corrected chi connectivity index (χ1v) is 7.59. The quantitative estimate of drug-likeness (QED) is 0.842. The monoisotopic (exact) mass is 333 g/mol. The minimum absolute atomic E-state index is 0.112. The molecule has 18 heavy (non-hydrogen) atoms. The van der Waals surface area contributed by atoms with Crippen molar-refractivity contribution in [3.63, 3.8) is 0 Å². The summed E-state index contributed by atoms with van der Waals surface area (Å²) >= 11 is 2.97. The predicted octanol–water partition coefficient (Wildman–Crippen LogP) is 2.67. The number of hydrogen-bond acceptors (Lipinski definition) is 2. The first kappa shape index (κ1) is 15.2. The third-order valence-electron chi connectivity index (χ3n) is 2.38. The molecule has 0 saturated carbocycles. The fourth-order valence-corrected chi connectivity index (χ4v) is 2.92. The molecule has 6 heteroatoms. The third-order valence-corrected chi connectivity index (χ3v) is 4.54.